The minimum Gasteiger partial charge on any atom is -0.462 e. The van der Waals surface area contributed by atoms with Gasteiger partial charge < -0.3 is 15.0 Å². The SMILES string of the molecule is CCOC(=O)c1cccc(N(CC)CC(=O)NC(=O)NCc2cccs2)c1. The molecule has 0 aliphatic carbocycles. The molecular weight excluding hydrogens is 366 g/mol. The highest BCUT2D eigenvalue weighted by Crippen LogP contribution is 2.16. The fourth-order valence-corrected chi connectivity index (χ4v) is 3.04. The summed E-state index contributed by atoms with van der Waals surface area (Å²) in [5.41, 5.74) is 1.12. The number of carbonyl (C=O) groups excluding carboxylic acids is 3. The Morgan fingerprint density at radius 2 is 1.96 bits per heavy atom. The van der Waals surface area contributed by atoms with Gasteiger partial charge in [0.15, 0.2) is 0 Å². The molecule has 144 valence electrons. The van der Waals surface area contributed by atoms with E-state index in [1.807, 2.05) is 24.4 Å². The molecule has 0 spiro atoms. The van der Waals surface area contributed by atoms with Crippen molar-refractivity contribution in [1.82, 2.24) is 10.6 Å². The van der Waals surface area contributed by atoms with Crippen molar-refractivity contribution >= 4 is 34.9 Å². The Labute approximate surface area is 162 Å². The number of rotatable bonds is 8. The first kappa shape index (κ1) is 20.4. The molecule has 0 saturated carbocycles. The molecule has 27 heavy (non-hydrogen) atoms. The number of imide groups is 1. The van der Waals surface area contributed by atoms with Crippen LogP contribution in [0.2, 0.25) is 0 Å². The van der Waals surface area contributed by atoms with Gasteiger partial charge in [-0.3, -0.25) is 10.1 Å². The molecular formula is C19H23N3O4S. The number of amides is 3. The van der Waals surface area contributed by atoms with Crippen LogP contribution in [0.25, 0.3) is 0 Å². The van der Waals surface area contributed by atoms with Crippen LogP contribution in [0.4, 0.5) is 10.5 Å². The standard InChI is InChI=1S/C19H23N3O4S/c1-3-22(15-8-5-7-14(11-15)18(24)26-4-2)13-17(23)21-19(25)20-12-16-9-6-10-27-16/h5-11H,3-4,12-13H2,1-2H3,(H2,20,21,23,25). The van der Waals surface area contributed by atoms with Crippen LogP contribution in [0.15, 0.2) is 41.8 Å². The maximum Gasteiger partial charge on any atom is 0.338 e. The summed E-state index contributed by atoms with van der Waals surface area (Å²) in [4.78, 5) is 38.7. The minimum absolute atomic E-state index is 0.00476. The number of nitrogens with one attached hydrogen (secondary N) is 2. The molecule has 0 atom stereocenters. The van der Waals surface area contributed by atoms with E-state index in [1.165, 1.54) is 11.3 Å². The number of hydrogen-bond donors (Lipinski definition) is 2. The van der Waals surface area contributed by atoms with Crippen LogP contribution in [-0.2, 0) is 16.1 Å². The number of anilines is 1. The number of likely N-dealkylation sites (N-methyl/N-ethyl adjacent to an activating group) is 1. The second-order valence-corrected chi connectivity index (χ2v) is 6.63. The van der Waals surface area contributed by atoms with Crippen LogP contribution in [0, 0.1) is 0 Å². The van der Waals surface area contributed by atoms with Gasteiger partial charge >= 0.3 is 12.0 Å². The highest BCUT2D eigenvalue weighted by Gasteiger charge is 2.15. The van der Waals surface area contributed by atoms with E-state index >= 15 is 0 Å². The average Bonchev–Trinajstić information content (AvgIpc) is 3.18. The normalized spacial score (nSPS) is 10.1. The largest absolute Gasteiger partial charge is 0.462 e. The maximum absolute atomic E-state index is 12.2. The Morgan fingerprint density at radius 1 is 1.15 bits per heavy atom. The van der Waals surface area contributed by atoms with E-state index in [0.717, 1.165) is 4.88 Å². The van der Waals surface area contributed by atoms with E-state index in [0.29, 0.717) is 30.9 Å². The van der Waals surface area contributed by atoms with E-state index in [-0.39, 0.29) is 6.54 Å². The van der Waals surface area contributed by atoms with Crippen molar-refractivity contribution in [2.24, 2.45) is 0 Å². The molecule has 0 saturated heterocycles. The summed E-state index contributed by atoms with van der Waals surface area (Å²) >= 11 is 1.53. The predicted octanol–water partition coefficient (Wildman–Crippen LogP) is 2.78. The summed E-state index contributed by atoms with van der Waals surface area (Å²) in [6.45, 7) is 4.83. The molecule has 1 heterocycles. The van der Waals surface area contributed by atoms with E-state index in [2.05, 4.69) is 10.6 Å². The number of carbonyl (C=O) groups is 3. The number of urea groups is 1. The lowest BCUT2D eigenvalue weighted by molar-refractivity contribution is -0.118. The molecule has 1 aromatic heterocycles. The van der Waals surface area contributed by atoms with Gasteiger partial charge in [0.2, 0.25) is 5.91 Å². The number of ether oxygens (including phenoxy) is 1. The molecule has 2 rings (SSSR count). The van der Waals surface area contributed by atoms with Gasteiger partial charge in [0, 0.05) is 17.1 Å². The number of esters is 1. The minimum atomic E-state index is -0.537. The number of benzene rings is 1. The fourth-order valence-electron chi connectivity index (χ4n) is 2.39. The van der Waals surface area contributed by atoms with E-state index in [4.69, 9.17) is 4.74 Å². The fraction of sp³-hybridized carbons (Fsp3) is 0.316. The van der Waals surface area contributed by atoms with Crippen LogP contribution in [0.1, 0.15) is 29.1 Å². The second kappa shape index (κ2) is 10.3. The van der Waals surface area contributed by atoms with Gasteiger partial charge in [-0.2, -0.15) is 0 Å². The molecule has 0 aliphatic heterocycles. The quantitative estimate of drug-likeness (QED) is 0.678. The summed E-state index contributed by atoms with van der Waals surface area (Å²) in [7, 11) is 0. The molecule has 1 aromatic carbocycles. The molecule has 2 N–H and O–H groups in total. The van der Waals surface area contributed by atoms with Crippen LogP contribution in [0.5, 0.6) is 0 Å². The van der Waals surface area contributed by atoms with Gasteiger partial charge in [0.25, 0.3) is 0 Å². The lowest BCUT2D eigenvalue weighted by Crippen LogP contribution is -2.44. The van der Waals surface area contributed by atoms with Crippen LogP contribution >= 0.6 is 11.3 Å². The van der Waals surface area contributed by atoms with E-state index < -0.39 is 17.9 Å². The Morgan fingerprint density at radius 3 is 2.63 bits per heavy atom. The van der Waals surface area contributed by atoms with E-state index in [9.17, 15) is 14.4 Å². The average molecular weight is 389 g/mol. The van der Waals surface area contributed by atoms with Crippen molar-refractivity contribution in [3.63, 3.8) is 0 Å². The zero-order valence-electron chi connectivity index (χ0n) is 15.4. The van der Waals surface area contributed by atoms with Gasteiger partial charge in [-0.25, -0.2) is 9.59 Å². The summed E-state index contributed by atoms with van der Waals surface area (Å²) < 4.78 is 5.00. The first-order valence-corrected chi connectivity index (χ1v) is 9.53. The third-order valence-electron chi connectivity index (χ3n) is 3.69. The Bertz CT molecular complexity index is 777. The van der Waals surface area contributed by atoms with Crippen molar-refractivity contribution in [3.8, 4) is 0 Å². The summed E-state index contributed by atoms with van der Waals surface area (Å²) in [6, 6.07) is 10.1. The van der Waals surface area contributed by atoms with Gasteiger partial charge in [-0.15, -0.1) is 11.3 Å². The van der Waals surface area contributed by atoms with Crippen molar-refractivity contribution < 1.29 is 19.1 Å². The van der Waals surface area contributed by atoms with Crippen molar-refractivity contribution in [2.75, 3.05) is 24.6 Å². The lowest BCUT2D eigenvalue weighted by Gasteiger charge is -2.22. The van der Waals surface area contributed by atoms with E-state index in [1.54, 1.807) is 36.1 Å². The monoisotopic (exact) mass is 389 g/mol. The third-order valence-corrected chi connectivity index (χ3v) is 4.57. The first-order chi connectivity index (χ1) is 13.0. The molecule has 0 radical (unpaired) electrons. The smallest absolute Gasteiger partial charge is 0.338 e. The number of thiophene rings is 1. The predicted molar refractivity (Wildman–Crippen MR) is 105 cm³/mol. The molecule has 0 bridgehead atoms. The Hall–Kier alpha value is -2.87. The molecule has 0 fully saturated rings. The third kappa shape index (κ3) is 6.41. The zero-order valence-corrected chi connectivity index (χ0v) is 16.2. The van der Waals surface area contributed by atoms with Gasteiger partial charge in [0.1, 0.15) is 0 Å². The van der Waals surface area contributed by atoms with Crippen molar-refractivity contribution in [2.45, 2.75) is 20.4 Å². The van der Waals surface area contributed by atoms with Crippen molar-refractivity contribution in [3.05, 3.63) is 52.2 Å². The van der Waals surface area contributed by atoms with Crippen LogP contribution in [0.3, 0.4) is 0 Å². The molecule has 3 amide bonds. The second-order valence-electron chi connectivity index (χ2n) is 5.60. The highest BCUT2D eigenvalue weighted by atomic mass is 32.1. The maximum atomic E-state index is 12.2. The summed E-state index contributed by atoms with van der Waals surface area (Å²) in [6.07, 6.45) is 0. The van der Waals surface area contributed by atoms with Crippen LogP contribution in [-0.4, -0.2) is 37.6 Å². The van der Waals surface area contributed by atoms with Crippen molar-refractivity contribution in [1.29, 1.82) is 0 Å². The van der Waals surface area contributed by atoms with Crippen LogP contribution < -0.4 is 15.5 Å². The highest BCUT2D eigenvalue weighted by molar-refractivity contribution is 7.09. The number of nitrogens with zero attached hydrogens (tertiary/aromatic N) is 1. The molecule has 2 aromatic rings. The Kier molecular flexibility index (Phi) is 7.81. The first-order valence-electron chi connectivity index (χ1n) is 8.65. The molecule has 0 aliphatic rings. The van der Waals surface area contributed by atoms with Gasteiger partial charge in [-0.1, -0.05) is 12.1 Å². The van der Waals surface area contributed by atoms with Gasteiger partial charge in [-0.05, 0) is 43.5 Å². The summed E-state index contributed by atoms with van der Waals surface area (Å²) in [5, 5.41) is 6.88. The molecule has 7 nitrogen and oxygen atoms in total. The zero-order chi connectivity index (χ0) is 19.6. The Balaban J connectivity index is 1.91. The lowest BCUT2D eigenvalue weighted by atomic mass is 10.2. The summed E-state index contributed by atoms with van der Waals surface area (Å²) in [5.74, 6) is -0.838. The molecule has 8 heteroatoms. The molecule has 0 unspecified atom stereocenters. The topological polar surface area (TPSA) is 87.7 Å². The van der Waals surface area contributed by atoms with Gasteiger partial charge in [0.05, 0.1) is 25.3 Å². The number of hydrogen-bond acceptors (Lipinski definition) is 6.